The molecular formula is C11H20N4O2. The third-order valence-electron chi connectivity index (χ3n) is 2.30. The summed E-state index contributed by atoms with van der Waals surface area (Å²) in [6.07, 6.45) is 0. The lowest BCUT2D eigenvalue weighted by molar-refractivity contribution is 0.190. The molecule has 0 atom stereocenters. The van der Waals surface area contributed by atoms with Crippen molar-refractivity contribution in [3.05, 3.63) is 11.9 Å². The fraction of sp³-hybridized carbons (Fsp3) is 0.636. The molecule has 0 aromatic carbocycles. The van der Waals surface area contributed by atoms with Gasteiger partial charge in [-0.1, -0.05) is 0 Å². The molecule has 0 saturated heterocycles. The Morgan fingerprint density at radius 3 is 2.24 bits per heavy atom. The largest absolute Gasteiger partial charge is 0.384 e. The van der Waals surface area contributed by atoms with E-state index in [2.05, 4.69) is 14.9 Å². The monoisotopic (exact) mass is 240 g/mol. The van der Waals surface area contributed by atoms with Crippen LogP contribution in [-0.4, -0.2) is 50.5 Å². The molecule has 0 aliphatic rings. The maximum atomic E-state index is 5.71. The highest BCUT2D eigenvalue weighted by Gasteiger charge is 2.09. The molecule has 0 bridgehead atoms. The Kier molecular flexibility index (Phi) is 5.65. The molecule has 6 heteroatoms. The van der Waals surface area contributed by atoms with E-state index in [-0.39, 0.29) is 0 Å². The Hall–Kier alpha value is -1.40. The number of nitrogen functional groups attached to an aromatic ring is 1. The summed E-state index contributed by atoms with van der Waals surface area (Å²) in [4.78, 5) is 10.5. The van der Waals surface area contributed by atoms with E-state index in [0.29, 0.717) is 24.9 Å². The van der Waals surface area contributed by atoms with E-state index in [1.165, 1.54) is 0 Å². The predicted molar refractivity (Wildman–Crippen MR) is 67.1 cm³/mol. The average Bonchev–Trinajstić information content (AvgIpc) is 2.28. The third-order valence-corrected chi connectivity index (χ3v) is 2.30. The lowest BCUT2D eigenvalue weighted by Crippen LogP contribution is -2.31. The number of ether oxygens (including phenoxy) is 2. The smallest absolute Gasteiger partial charge is 0.134 e. The van der Waals surface area contributed by atoms with Gasteiger partial charge in [-0.25, -0.2) is 9.97 Å². The number of anilines is 2. The van der Waals surface area contributed by atoms with Gasteiger partial charge >= 0.3 is 0 Å². The Labute approximate surface area is 102 Å². The molecule has 0 aliphatic heterocycles. The summed E-state index contributed by atoms with van der Waals surface area (Å²) >= 11 is 0. The molecule has 2 N–H and O–H groups in total. The van der Waals surface area contributed by atoms with Crippen molar-refractivity contribution in [2.24, 2.45) is 0 Å². The van der Waals surface area contributed by atoms with Crippen LogP contribution in [0, 0.1) is 6.92 Å². The molecule has 6 nitrogen and oxygen atoms in total. The van der Waals surface area contributed by atoms with Crippen molar-refractivity contribution < 1.29 is 9.47 Å². The second kappa shape index (κ2) is 7.03. The molecule has 1 heterocycles. The van der Waals surface area contributed by atoms with Gasteiger partial charge in [-0.15, -0.1) is 0 Å². The van der Waals surface area contributed by atoms with Crippen LogP contribution >= 0.6 is 0 Å². The Balaban J connectivity index is 2.78. The molecule has 0 saturated carbocycles. The van der Waals surface area contributed by atoms with Crippen LogP contribution in [0.2, 0.25) is 0 Å². The minimum absolute atomic E-state index is 0.479. The lowest BCUT2D eigenvalue weighted by atomic mass is 10.4. The van der Waals surface area contributed by atoms with Gasteiger partial charge in [0.05, 0.1) is 13.2 Å². The van der Waals surface area contributed by atoms with Crippen LogP contribution in [0.3, 0.4) is 0 Å². The molecule has 96 valence electrons. The van der Waals surface area contributed by atoms with Gasteiger partial charge in [0.1, 0.15) is 17.5 Å². The number of hydrogen-bond donors (Lipinski definition) is 1. The fourth-order valence-electron chi connectivity index (χ4n) is 1.48. The van der Waals surface area contributed by atoms with E-state index in [1.54, 1.807) is 20.3 Å². The van der Waals surface area contributed by atoms with Crippen molar-refractivity contribution in [2.45, 2.75) is 6.92 Å². The first-order valence-electron chi connectivity index (χ1n) is 5.51. The minimum atomic E-state index is 0.479. The van der Waals surface area contributed by atoms with Gasteiger partial charge in [0, 0.05) is 33.4 Å². The van der Waals surface area contributed by atoms with Gasteiger partial charge in [0.15, 0.2) is 0 Å². The maximum absolute atomic E-state index is 5.71. The first-order chi connectivity index (χ1) is 8.17. The summed E-state index contributed by atoms with van der Waals surface area (Å²) in [6.45, 7) is 4.58. The topological polar surface area (TPSA) is 73.5 Å². The molecule has 0 radical (unpaired) electrons. The predicted octanol–water partition coefficient (Wildman–Crippen LogP) is 0.466. The summed E-state index contributed by atoms with van der Waals surface area (Å²) in [7, 11) is 3.35. The van der Waals surface area contributed by atoms with Gasteiger partial charge in [0.2, 0.25) is 0 Å². The highest BCUT2D eigenvalue weighted by Crippen LogP contribution is 2.13. The molecule has 0 amide bonds. The van der Waals surface area contributed by atoms with Crippen LogP contribution in [0.15, 0.2) is 6.07 Å². The number of hydrogen-bond acceptors (Lipinski definition) is 6. The van der Waals surface area contributed by atoms with Crippen LogP contribution in [0.5, 0.6) is 0 Å². The molecule has 0 aliphatic carbocycles. The highest BCUT2D eigenvalue weighted by atomic mass is 16.5. The third kappa shape index (κ3) is 4.54. The Bertz CT molecular complexity index is 318. The molecule has 0 unspecified atom stereocenters. The maximum Gasteiger partial charge on any atom is 0.134 e. The number of rotatable bonds is 7. The van der Waals surface area contributed by atoms with Crippen molar-refractivity contribution in [3.63, 3.8) is 0 Å². The molecule has 1 aromatic rings. The van der Waals surface area contributed by atoms with E-state index in [4.69, 9.17) is 15.2 Å². The quantitative estimate of drug-likeness (QED) is 0.746. The van der Waals surface area contributed by atoms with E-state index in [1.807, 2.05) is 6.92 Å². The van der Waals surface area contributed by atoms with Crippen LogP contribution < -0.4 is 10.6 Å². The summed E-state index contributed by atoms with van der Waals surface area (Å²) < 4.78 is 10.2. The molecule has 1 rings (SSSR count). The number of aromatic nitrogens is 2. The van der Waals surface area contributed by atoms with Crippen molar-refractivity contribution >= 4 is 11.6 Å². The zero-order valence-corrected chi connectivity index (χ0v) is 10.6. The lowest BCUT2D eigenvalue weighted by Gasteiger charge is -2.23. The second-order valence-electron chi connectivity index (χ2n) is 3.67. The van der Waals surface area contributed by atoms with Gasteiger partial charge in [-0.2, -0.15) is 0 Å². The fourth-order valence-corrected chi connectivity index (χ4v) is 1.48. The van der Waals surface area contributed by atoms with Crippen LogP contribution in [-0.2, 0) is 9.47 Å². The Morgan fingerprint density at radius 1 is 1.18 bits per heavy atom. The van der Waals surface area contributed by atoms with Gasteiger partial charge in [-0.3, -0.25) is 0 Å². The van der Waals surface area contributed by atoms with Gasteiger partial charge in [0.25, 0.3) is 0 Å². The minimum Gasteiger partial charge on any atom is -0.384 e. The molecule has 1 aromatic heterocycles. The number of nitrogens with two attached hydrogens (primary N) is 1. The van der Waals surface area contributed by atoms with Crippen molar-refractivity contribution in [2.75, 3.05) is 51.2 Å². The Morgan fingerprint density at radius 2 is 1.76 bits per heavy atom. The number of nitrogens with zero attached hydrogens (tertiary/aromatic N) is 3. The average molecular weight is 240 g/mol. The first kappa shape index (κ1) is 13.7. The highest BCUT2D eigenvalue weighted by molar-refractivity contribution is 5.46. The van der Waals surface area contributed by atoms with Gasteiger partial charge < -0.3 is 20.1 Å². The van der Waals surface area contributed by atoms with E-state index in [0.717, 1.165) is 18.9 Å². The summed E-state index contributed by atoms with van der Waals surface area (Å²) in [5, 5.41) is 0. The van der Waals surface area contributed by atoms with Crippen molar-refractivity contribution in [1.29, 1.82) is 0 Å². The summed E-state index contributed by atoms with van der Waals surface area (Å²) in [5.74, 6) is 1.95. The number of aryl methyl sites for hydroxylation is 1. The standard InChI is InChI=1S/C11H20N4O2/c1-9-13-10(12)8-11(14-9)15(4-6-16-2)5-7-17-3/h8H,4-7H2,1-3H3,(H2,12,13,14). The summed E-state index contributed by atoms with van der Waals surface area (Å²) in [5.41, 5.74) is 5.71. The van der Waals surface area contributed by atoms with E-state index in [9.17, 15) is 0 Å². The van der Waals surface area contributed by atoms with E-state index >= 15 is 0 Å². The van der Waals surface area contributed by atoms with Crippen LogP contribution in [0.1, 0.15) is 5.82 Å². The SMILES string of the molecule is COCCN(CCOC)c1cc(N)nc(C)n1. The zero-order valence-electron chi connectivity index (χ0n) is 10.6. The van der Waals surface area contributed by atoms with Gasteiger partial charge in [-0.05, 0) is 6.92 Å². The van der Waals surface area contributed by atoms with Crippen LogP contribution in [0.4, 0.5) is 11.6 Å². The second-order valence-corrected chi connectivity index (χ2v) is 3.67. The molecule has 0 fully saturated rings. The molecular weight excluding hydrogens is 220 g/mol. The summed E-state index contributed by atoms with van der Waals surface area (Å²) in [6, 6.07) is 1.76. The van der Waals surface area contributed by atoms with E-state index < -0.39 is 0 Å². The normalized spacial score (nSPS) is 10.5. The van der Waals surface area contributed by atoms with Crippen LogP contribution in [0.25, 0.3) is 0 Å². The molecule has 17 heavy (non-hydrogen) atoms. The van der Waals surface area contributed by atoms with Crippen molar-refractivity contribution in [3.8, 4) is 0 Å². The molecule has 0 spiro atoms. The number of methoxy groups -OCH3 is 2. The van der Waals surface area contributed by atoms with Crippen molar-refractivity contribution in [1.82, 2.24) is 9.97 Å². The zero-order chi connectivity index (χ0) is 12.7. The first-order valence-corrected chi connectivity index (χ1v) is 5.51.